The first kappa shape index (κ1) is 12.3. The van der Waals surface area contributed by atoms with Crippen LogP contribution < -0.4 is 10.6 Å². The Morgan fingerprint density at radius 3 is 1.89 bits per heavy atom. The van der Waals surface area contributed by atoms with Crippen LogP contribution in [0.15, 0.2) is 0 Å². The van der Waals surface area contributed by atoms with Gasteiger partial charge in [0.05, 0.1) is 0 Å². The van der Waals surface area contributed by atoms with Crippen LogP contribution in [-0.2, 0) is 0 Å². The molecule has 0 heterocycles. The summed E-state index contributed by atoms with van der Waals surface area (Å²) >= 11 is 0. The van der Waals surface area contributed by atoms with E-state index in [0.717, 1.165) is 23.7 Å². The molecule has 102 valence electrons. The van der Waals surface area contributed by atoms with Gasteiger partial charge in [-0.1, -0.05) is 0 Å². The van der Waals surface area contributed by atoms with Gasteiger partial charge >= 0.3 is 6.03 Å². The molecule has 3 nitrogen and oxygen atoms in total. The van der Waals surface area contributed by atoms with E-state index in [1.54, 1.807) is 0 Å². The molecule has 2 N–H and O–H groups in total. The van der Waals surface area contributed by atoms with E-state index < -0.39 is 0 Å². The third-order valence-corrected chi connectivity index (χ3v) is 5.01. The van der Waals surface area contributed by atoms with E-state index in [0.29, 0.717) is 6.04 Å². The van der Waals surface area contributed by atoms with Crippen molar-refractivity contribution in [3.05, 3.63) is 0 Å². The van der Waals surface area contributed by atoms with E-state index in [9.17, 15) is 4.79 Å². The Labute approximate surface area is 110 Å². The van der Waals surface area contributed by atoms with E-state index in [-0.39, 0.29) is 11.6 Å². The van der Waals surface area contributed by atoms with Gasteiger partial charge in [0.25, 0.3) is 0 Å². The molecule has 0 spiro atoms. The minimum Gasteiger partial charge on any atom is -0.335 e. The predicted molar refractivity (Wildman–Crippen MR) is 72.3 cm³/mol. The summed E-state index contributed by atoms with van der Waals surface area (Å²) in [5.41, 5.74) is -0.143. The van der Waals surface area contributed by atoms with Gasteiger partial charge in [0.2, 0.25) is 0 Å². The second-order valence-electron chi connectivity index (χ2n) is 7.80. The molecule has 0 saturated heterocycles. The number of carbonyl (C=O) groups is 1. The Kier molecular flexibility index (Phi) is 2.83. The molecule has 0 radical (unpaired) electrons. The minimum atomic E-state index is -0.143. The summed E-state index contributed by atoms with van der Waals surface area (Å²) in [6.45, 7) is 6.09. The highest BCUT2D eigenvalue weighted by Crippen LogP contribution is 2.53. The molecule has 4 aliphatic rings. The van der Waals surface area contributed by atoms with E-state index >= 15 is 0 Å². The van der Waals surface area contributed by atoms with Crippen molar-refractivity contribution in [3.63, 3.8) is 0 Å². The summed E-state index contributed by atoms with van der Waals surface area (Å²) in [4.78, 5) is 12.0. The largest absolute Gasteiger partial charge is 0.335 e. The summed E-state index contributed by atoms with van der Waals surface area (Å²) in [6, 6.07) is 0.472. The van der Waals surface area contributed by atoms with Crippen molar-refractivity contribution in [2.75, 3.05) is 0 Å². The summed E-state index contributed by atoms with van der Waals surface area (Å²) in [5.74, 6) is 3.45. The number of hydrogen-bond acceptors (Lipinski definition) is 1. The predicted octanol–water partition coefficient (Wildman–Crippen LogP) is 2.91. The Morgan fingerprint density at radius 2 is 1.44 bits per heavy atom. The van der Waals surface area contributed by atoms with Crippen LogP contribution in [0.5, 0.6) is 0 Å². The SMILES string of the molecule is CC(C)(C)NC(=O)NC1C2CC3CC(C2)CC1C3. The third-order valence-electron chi connectivity index (χ3n) is 5.01. The highest BCUT2D eigenvalue weighted by Gasteiger charge is 2.48. The standard InChI is InChI=1S/C15H26N2O/c1-15(2,3)17-14(18)16-13-11-5-9-4-10(7-11)8-12(13)6-9/h9-13H,4-8H2,1-3H3,(H2,16,17,18). The van der Waals surface area contributed by atoms with Crippen molar-refractivity contribution in [1.82, 2.24) is 10.6 Å². The average molecular weight is 250 g/mol. The zero-order valence-electron chi connectivity index (χ0n) is 11.8. The molecular formula is C15H26N2O. The quantitative estimate of drug-likeness (QED) is 0.738. The van der Waals surface area contributed by atoms with E-state index in [2.05, 4.69) is 10.6 Å². The first-order valence-corrected chi connectivity index (χ1v) is 7.49. The number of hydrogen-bond donors (Lipinski definition) is 2. The molecule has 18 heavy (non-hydrogen) atoms. The highest BCUT2D eigenvalue weighted by atomic mass is 16.2. The van der Waals surface area contributed by atoms with Crippen molar-refractivity contribution in [2.45, 2.75) is 64.5 Å². The first-order valence-electron chi connectivity index (χ1n) is 7.49. The maximum atomic E-state index is 12.0. The van der Waals surface area contributed by atoms with Gasteiger partial charge in [-0.25, -0.2) is 4.79 Å². The molecule has 0 aromatic rings. The van der Waals surface area contributed by atoms with E-state index in [1.165, 1.54) is 32.1 Å². The van der Waals surface area contributed by atoms with Crippen molar-refractivity contribution in [2.24, 2.45) is 23.7 Å². The first-order chi connectivity index (χ1) is 8.40. The number of rotatable bonds is 1. The second kappa shape index (κ2) is 4.14. The second-order valence-corrected chi connectivity index (χ2v) is 7.80. The lowest BCUT2D eigenvalue weighted by Crippen LogP contribution is -2.59. The Morgan fingerprint density at radius 1 is 0.944 bits per heavy atom. The zero-order valence-corrected chi connectivity index (χ0v) is 11.8. The van der Waals surface area contributed by atoms with Gasteiger partial charge in [0.1, 0.15) is 0 Å². The number of urea groups is 1. The molecule has 2 amide bonds. The van der Waals surface area contributed by atoms with Crippen molar-refractivity contribution >= 4 is 6.03 Å². The number of amides is 2. The van der Waals surface area contributed by atoms with Crippen molar-refractivity contribution in [3.8, 4) is 0 Å². The van der Waals surface area contributed by atoms with E-state index in [1.807, 2.05) is 20.8 Å². The molecule has 4 bridgehead atoms. The number of carbonyl (C=O) groups excluding carboxylic acids is 1. The maximum Gasteiger partial charge on any atom is 0.315 e. The van der Waals surface area contributed by atoms with E-state index in [4.69, 9.17) is 0 Å². The summed E-state index contributed by atoms with van der Waals surface area (Å²) in [6.07, 6.45) is 6.88. The summed E-state index contributed by atoms with van der Waals surface area (Å²) < 4.78 is 0. The molecule has 0 aromatic carbocycles. The molecule has 0 atom stereocenters. The maximum absolute atomic E-state index is 12.0. The Balaban J connectivity index is 1.62. The van der Waals surface area contributed by atoms with Crippen LogP contribution in [0.4, 0.5) is 4.79 Å². The fourth-order valence-electron chi connectivity index (χ4n) is 4.69. The van der Waals surface area contributed by atoms with Gasteiger partial charge in [-0.05, 0) is 76.5 Å². The van der Waals surface area contributed by atoms with Crippen LogP contribution in [0.2, 0.25) is 0 Å². The molecular weight excluding hydrogens is 224 g/mol. The van der Waals surface area contributed by atoms with Gasteiger partial charge in [-0.2, -0.15) is 0 Å². The lowest BCUT2D eigenvalue weighted by atomic mass is 9.54. The number of nitrogens with one attached hydrogen (secondary N) is 2. The molecule has 0 unspecified atom stereocenters. The fourth-order valence-corrected chi connectivity index (χ4v) is 4.69. The van der Waals surface area contributed by atoms with Crippen LogP contribution in [0.3, 0.4) is 0 Å². The summed E-state index contributed by atoms with van der Waals surface area (Å²) in [7, 11) is 0. The Hall–Kier alpha value is -0.730. The van der Waals surface area contributed by atoms with Crippen molar-refractivity contribution < 1.29 is 4.79 Å². The topological polar surface area (TPSA) is 41.1 Å². The van der Waals surface area contributed by atoms with Crippen LogP contribution in [0, 0.1) is 23.7 Å². The van der Waals surface area contributed by atoms with Crippen molar-refractivity contribution in [1.29, 1.82) is 0 Å². The molecule has 0 aliphatic heterocycles. The molecule has 4 saturated carbocycles. The third kappa shape index (κ3) is 2.36. The average Bonchev–Trinajstić information content (AvgIpc) is 2.19. The molecule has 4 aliphatic carbocycles. The molecule has 4 fully saturated rings. The van der Waals surface area contributed by atoms with Gasteiger partial charge in [0.15, 0.2) is 0 Å². The van der Waals surface area contributed by atoms with Crippen LogP contribution in [-0.4, -0.2) is 17.6 Å². The molecule has 4 rings (SSSR count). The van der Waals surface area contributed by atoms with Gasteiger partial charge in [-0.15, -0.1) is 0 Å². The highest BCUT2D eigenvalue weighted by molar-refractivity contribution is 5.75. The minimum absolute atomic E-state index is 0.0278. The zero-order chi connectivity index (χ0) is 12.9. The Bertz CT molecular complexity index is 317. The molecule has 0 aromatic heterocycles. The normalized spacial score (nSPS) is 41.8. The van der Waals surface area contributed by atoms with Crippen LogP contribution >= 0.6 is 0 Å². The van der Waals surface area contributed by atoms with Gasteiger partial charge in [-0.3, -0.25) is 0 Å². The smallest absolute Gasteiger partial charge is 0.315 e. The molecule has 3 heteroatoms. The van der Waals surface area contributed by atoms with Crippen LogP contribution in [0.25, 0.3) is 0 Å². The summed E-state index contributed by atoms with van der Waals surface area (Å²) in [5, 5.41) is 6.30. The van der Waals surface area contributed by atoms with Gasteiger partial charge < -0.3 is 10.6 Å². The monoisotopic (exact) mass is 250 g/mol. The lowest BCUT2D eigenvalue weighted by Gasteiger charge is -2.54. The fraction of sp³-hybridized carbons (Fsp3) is 0.933. The van der Waals surface area contributed by atoms with Gasteiger partial charge in [0, 0.05) is 11.6 Å². The van der Waals surface area contributed by atoms with Crippen LogP contribution in [0.1, 0.15) is 52.9 Å². The lowest BCUT2D eigenvalue weighted by molar-refractivity contribution is -0.00964.